The molecule has 1 fully saturated rings. The molecule has 0 spiro atoms. The summed E-state index contributed by atoms with van der Waals surface area (Å²) in [4.78, 5) is 22.7. The van der Waals surface area contributed by atoms with Crippen LogP contribution in [0, 0.1) is 0 Å². The highest BCUT2D eigenvalue weighted by molar-refractivity contribution is 5.95. The van der Waals surface area contributed by atoms with E-state index in [1.54, 1.807) is 13.8 Å². The number of rotatable bonds is 6. The molecule has 0 saturated carbocycles. The van der Waals surface area contributed by atoms with Crippen molar-refractivity contribution in [3.05, 3.63) is 23.8 Å². The third-order valence-electron chi connectivity index (χ3n) is 2.05. The highest BCUT2D eigenvalue weighted by Crippen LogP contribution is 2.10. The van der Waals surface area contributed by atoms with Crippen LogP contribution in [0.1, 0.15) is 13.8 Å². The van der Waals surface area contributed by atoms with Gasteiger partial charge < -0.3 is 14.2 Å². The molecule has 0 aromatic heterocycles. The Morgan fingerprint density at radius 3 is 2.59 bits per heavy atom. The Balaban J connectivity index is 2.42. The quantitative estimate of drug-likeness (QED) is 0.300. The molecule has 1 aliphatic rings. The van der Waals surface area contributed by atoms with E-state index < -0.39 is 11.9 Å². The molecule has 1 atom stereocenters. The molecule has 1 rings (SSSR count). The first-order chi connectivity index (χ1) is 8.04. The maximum atomic E-state index is 11.5. The van der Waals surface area contributed by atoms with Crippen molar-refractivity contribution in [3.63, 3.8) is 0 Å². The summed E-state index contributed by atoms with van der Waals surface area (Å²) in [5.41, 5.74) is 0.438. The summed E-state index contributed by atoms with van der Waals surface area (Å²) < 4.78 is 14.6. The summed E-state index contributed by atoms with van der Waals surface area (Å²) in [7, 11) is 0. The number of carbonyl (C=O) groups excluding carboxylic acids is 2. The van der Waals surface area contributed by atoms with Crippen molar-refractivity contribution >= 4 is 11.9 Å². The summed E-state index contributed by atoms with van der Waals surface area (Å²) in [6.07, 6.45) is 1.38. The van der Waals surface area contributed by atoms with Crippen LogP contribution in [0.25, 0.3) is 0 Å². The Morgan fingerprint density at radius 2 is 2.06 bits per heavy atom. The number of esters is 2. The second-order valence-corrected chi connectivity index (χ2v) is 3.63. The van der Waals surface area contributed by atoms with Gasteiger partial charge in [0.25, 0.3) is 0 Å². The number of ether oxygens (including phenoxy) is 3. The van der Waals surface area contributed by atoms with Crippen LogP contribution >= 0.6 is 0 Å². The van der Waals surface area contributed by atoms with Gasteiger partial charge in [-0.3, -0.25) is 0 Å². The number of carbonyl (C=O) groups is 2. The van der Waals surface area contributed by atoms with E-state index in [4.69, 9.17) is 14.2 Å². The standard InChI is InChI=1S/C12H16O5/c1-4-15-11(13)8(2)5-9(3)12(14)17-7-10-6-16-10/h5,10H,2,4,6-7H2,1,3H3/b9-5+. The van der Waals surface area contributed by atoms with Gasteiger partial charge in [0.15, 0.2) is 0 Å². The van der Waals surface area contributed by atoms with E-state index >= 15 is 0 Å². The second-order valence-electron chi connectivity index (χ2n) is 3.63. The van der Waals surface area contributed by atoms with Crippen molar-refractivity contribution in [1.82, 2.24) is 0 Å². The second kappa shape index (κ2) is 6.20. The molecule has 1 heterocycles. The summed E-state index contributed by atoms with van der Waals surface area (Å²) in [5.74, 6) is -1.02. The van der Waals surface area contributed by atoms with Crippen LogP contribution in [0.3, 0.4) is 0 Å². The first kappa shape index (κ1) is 13.4. The first-order valence-electron chi connectivity index (χ1n) is 5.37. The third kappa shape index (κ3) is 4.82. The summed E-state index contributed by atoms with van der Waals surface area (Å²) in [6.45, 7) is 7.92. The molecule has 0 bridgehead atoms. The van der Waals surface area contributed by atoms with Gasteiger partial charge >= 0.3 is 11.9 Å². The summed E-state index contributed by atoms with van der Waals surface area (Å²) in [5, 5.41) is 0. The van der Waals surface area contributed by atoms with E-state index in [1.807, 2.05) is 0 Å². The minimum atomic E-state index is -0.537. The van der Waals surface area contributed by atoms with Crippen LogP contribution < -0.4 is 0 Å². The normalized spacial score (nSPS) is 18.5. The smallest absolute Gasteiger partial charge is 0.337 e. The van der Waals surface area contributed by atoms with Crippen LogP contribution in [0.4, 0.5) is 0 Å². The van der Waals surface area contributed by atoms with Crippen LogP contribution in [0.15, 0.2) is 23.8 Å². The molecule has 0 N–H and O–H groups in total. The molecule has 0 radical (unpaired) electrons. The predicted octanol–water partition coefficient (Wildman–Crippen LogP) is 0.994. The number of epoxide rings is 1. The highest BCUT2D eigenvalue weighted by Gasteiger charge is 2.24. The van der Waals surface area contributed by atoms with E-state index in [2.05, 4.69) is 6.58 Å². The lowest BCUT2D eigenvalue weighted by Gasteiger charge is -2.04. The Labute approximate surface area is 100 Å². The molecule has 0 aromatic rings. The Hall–Kier alpha value is -1.62. The van der Waals surface area contributed by atoms with Gasteiger partial charge in [0.05, 0.1) is 18.8 Å². The summed E-state index contributed by atoms with van der Waals surface area (Å²) >= 11 is 0. The van der Waals surface area contributed by atoms with E-state index in [0.717, 1.165) is 0 Å². The van der Waals surface area contributed by atoms with Crippen molar-refractivity contribution in [1.29, 1.82) is 0 Å². The molecule has 0 amide bonds. The van der Waals surface area contributed by atoms with Gasteiger partial charge in [0, 0.05) is 5.57 Å². The zero-order valence-electron chi connectivity index (χ0n) is 10.0. The predicted molar refractivity (Wildman–Crippen MR) is 60.2 cm³/mol. The molecular formula is C12H16O5. The largest absolute Gasteiger partial charge is 0.462 e. The molecule has 5 nitrogen and oxygen atoms in total. The van der Waals surface area contributed by atoms with Crippen molar-refractivity contribution in [3.8, 4) is 0 Å². The van der Waals surface area contributed by atoms with E-state index in [9.17, 15) is 9.59 Å². The van der Waals surface area contributed by atoms with Gasteiger partial charge in [-0.1, -0.05) is 6.58 Å². The molecule has 5 heteroatoms. The first-order valence-corrected chi connectivity index (χ1v) is 5.37. The lowest BCUT2D eigenvalue weighted by Crippen LogP contribution is -2.12. The van der Waals surface area contributed by atoms with Crippen LogP contribution in [-0.4, -0.2) is 37.9 Å². The van der Waals surface area contributed by atoms with Gasteiger partial charge in [0.1, 0.15) is 12.7 Å². The fourth-order valence-corrected chi connectivity index (χ4v) is 1.05. The zero-order chi connectivity index (χ0) is 12.8. The Kier molecular flexibility index (Phi) is 4.90. The average molecular weight is 240 g/mol. The van der Waals surface area contributed by atoms with Crippen molar-refractivity contribution in [2.45, 2.75) is 20.0 Å². The number of hydrogen-bond acceptors (Lipinski definition) is 5. The maximum absolute atomic E-state index is 11.5. The van der Waals surface area contributed by atoms with Crippen molar-refractivity contribution < 1.29 is 23.8 Å². The van der Waals surface area contributed by atoms with Gasteiger partial charge in [-0.2, -0.15) is 0 Å². The molecule has 1 saturated heterocycles. The molecule has 17 heavy (non-hydrogen) atoms. The van der Waals surface area contributed by atoms with Crippen LogP contribution in [-0.2, 0) is 23.8 Å². The Morgan fingerprint density at radius 1 is 1.41 bits per heavy atom. The topological polar surface area (TPSA) is 65.1 Å². The van der Waals surface area contributed by atoms with Gasteiger partial charge in [-0.05, 0) is 19.9 Å². The molecule has 1 aliphatic heterocycles. The van der Waals surface area contributed by atoms with Crippen molar-refractivity contribution in [2.75, 3.05) is 19.8 Å². The Bertz CT molecular complexity index is 352. The van der Waals surface area contributed by atoms with E-state index in [-0.39, 0.29) is 24.9 Å². The lowest BCUT2D eigenvalue weighted by atomic mass is 10.2. The van der Waals surface area contributed by atoms with E-state index in [0.29, 0.717) is 12.2 Å². The van der Waals surface area contributed by atoms with Gasteiger partial charge in [0.2, 0.25) is 0 Å². The monoisotopic (exact) mass is 240 g/mol. The molecular weight excluding hydrogens is 224 g/mol. The van der Waals surface area contributed by atoms with Crippen molar-refractivity contribution in [2.24, 2.45) is 0 Å². The fourth-order valence-electron chi connectivity index (χ4n) is 1.05. The van der Waals surface area contributed by atoms with Gasteiger partial charge in [-0.25, -0.2) is 9.59 Å². The molecule has 0 aromatic carbocycles. The maximum Gasteiger partial charge on any atom is 0.337 e. The minimum absolute atomic E-state index is 0.0278. The molecule has 0 aliphatic carbocycles. The molecule has 94 valence electrons. The average Bonchev–Trinajstić information content (AvgIpc) is 3.09. The fraction of sp³-hybridized carbons (Fsp3) is 0.500. The highest BCUT2D eigenvalue weighted by atomic mass is 16.6. The van der Waals surface area contributed by atoms with Gasteiger partial charge in [-0.15, -0.1) is 0 Å². The number of hydrogen-bond donors (Lipinski definition) is 0. The SMILES string of the molecule is C=C(/C=C(\C)C(=O)OCC1CO1)C(=O)OCC. The zero-order valence-corrected chi connectivity index (χ0v) is 10.0. The molecule has 1 unspecified atom stereocenters. The third-order valence-corrected chi connectivity index (χ3v) is 2.05. The van der Waals surface area contributed by atoms with Crippen LogP contribution in [0.5, 0.6) is 0 Å². The van der Waals surface area contributed by atoms with E-state index in [1.165, 1.54) is 6.08 Å². The van der Waals surface area contributed by atoms with Crippen LogP contribution in [0.2, 0.25) is 0 Å². The summed E-state index contributed by atoms with van der Waals surface area (Å²) in [6, 6.07) is 0. The lowest BCUT2D eigenvalue weighted by molar-refractivity contribution is -0.139. The minimum Gasteiger partial charge on any atom is -0.462 e.